The van der Waals surface area contributed by atoms with Crippen LogP contribution in [0.3, 0.4) is 0 Å². The largest absolute Gasteiger partial charge is 0.481 e. The summed E-state index contributed by atoms with van der Waals surface area (Å²) in [6, 6.07) is 0. The Hall–Kier alpha value is -1.06. The highest BCUT2D eigenvalue weighted by Gasteiger charge is 2.16. The average molecular weight is 229 g/mol. The average Bonchev–Trinajstić information content (AvgIpc) is 2.11. The van der Waals surface area contributed by atoms with Gasteiger partial charge in [-0.2, -0.15) is 0 Å². The molecule has 0 aromatic carbocycles. The lowest BCUT2D eigenvalue weighted by atomic mass is 9.94. The van der Waals surface area contributed by atoms with Gasteiger partial charge in [-0.25, -0.2) is 0 Å². The Balaban J connectivity index is 4.10. The Kier molecular flexibility index (Phi) is 6.77. The molecule has 0 aliphatic carbocycles. The Morgan fingerprint density at radius 3 is 2.12 bits per heavy atom. The van der Waals surface area contributed by atoms with E-state index >= 15 is 0 Å². The third-order valence-corrected chi connectivity index (χ3v) is 2.36. The van der Waals surface area contributed by atoms with Crippen molar-refractivity contribution in [2.45, 2.75) is 40.5 Å². The molecule has 0 saturated heterocycles. The monoisotopic (exact) mass is 229 g/mol. The van der Waals surface area contributed by atoms with Gasteiger partial charge in [0.05, 0.1) is 0 Å². The van der Waals surface area contributed by atoms with Gasteiger partial charge in [0.2, 0.25) is 5.91 Å². The Morgan fingerprint density at radius 2 is 1.75 bits per heavy atom. The summed E-state index contributed by atoms with van der Waals surface area (Å²) in [5, 5.41) is 11.5. The molecular formula is C12H23NO3. The number of carbonyl (C=O) groups is 2. The van der Waals surface area contributed by atoms with Gasteiger partial charge in [-0.1, -0.05) is 27.7 Å². The second-order valence-electron chi connectivity index (χ2n) is 4.99. The van der Waals surface area contributed by atoms with Crippen molar-refractivity contribution < 1.29 is 14.7 Å². The van der Waals surface area contributed by atoms with Crippen LogP contribution in [0.1, 0.15) is 40.5 Å². The van der Waals surface area contributed by atoms with Crippen molar-refractivity contribution in [2.75, 3.05) is 6.54 Å². The molecule has 4 heteroatoms. The number of carbonyl (C=O) groups excluding carboxylic acids is 1. The van der Waals surface area contributed by atoms with E-state index in [4.69, 9.17) is 5.11 Å². The van der Waals surface area contributed by atoms with Gasteiger partial charge in [0.1, 0.15) is 0 Å². The summed E-state index contributed by atoms with van der Waals surface area (Å²) in [6.07, 6.45) is 0.946. The Labute approximate surface area is 97.4 Å². The lowest BCUT2D eigenvalue weighted by molar-refractivity contribution is -0.138. The quantitative estimate of drug-likeness (QED) is 0.700. The van der Waals surface area contributed by atoms with Gasteiger partial charge >= 0.3 is 5.97 Å². The van der Waals surface area contributed by atoms with Crippen LogP contribution in [-0.4, -0.2) is 23.5 Å². The highest BCUT2D eigenvalue weighted by atomic mass is 16.4. The number of hydrogen-bond donors (Lipinski definition) is 2. The van der Waals surface area contributed by atoms with Crippen LogP contribution < -0.4 is 5.32 Å². The molecule has 0 aliphatic heterocycles. The molecular weight excluding hydrogens is 206 g/mol. The van der Waals surface area contributed by atoms with Crippen LogP contribution in [0.4, 0.5) is 0 Å². The Bertz CT molecular complexity index is 236. The Morgan fingerprint density at radius 1 is 1.19 bits per heavy atom. The number of hydrogen-bond acceptors (Lipinski definition) is 2. The highest BCUT2D eigenvalue weighted by Crippen LogP contribution is 2.14. The number of carboxylic acids is 1. The molecule has 1 amide bonds. The van der Waals surface area contributed by atoms with Gasteiger partial charge in [0, 0.05) is 18.9 Å². The van der Waals surface area contributed by atoms with Gasteiger partial charge < -0.3 is 10.4 Å². The fourth-order valence-corrected chi connectivity index (χ4v) is 1.60. The van der Waals surface area contributed by atoms with Crippen molar-refractivity contribution >= 4 is 11.9 Å². The molecule has 16 heavy (non-hydrogen) atoms. The first-order chi connectivity index (χ1) is 7.32. The maximum Gasteiger partial charge on any atom is 0.303 e. The molecule has 2 N–H and O–H groups in total. The number of rotatable bonds is 7. The molecule has 94 valence electrons. The third kappa shape index (κ3) is 7.26. The molecule has 0 spiro atoms. The number of aliphatic carboxylic acids is 1. The summed E-state index contributed by atoms with van der Waals surface area (Å²) >= 11 is 0. The smallest absolute Gasteiger partial charge is 0.303 e. The highest BCUT2D eigenvalue weighted by molar-refractivity contribution is 5.77. The maximum absolute atomic E-state index is 11.4. The van der Waals surface area contributed by atoms with Crippen LogP contribution >= 0.6 is 0 Å². The maximum atomic E-state index is 11.4. The molecule has 0 heterocycles. The van der Waals surface area contributed by atoms with Crippen LogP contribution in [0.15, 0.2) is 0 Å². The standard InChI is InChI=1S/C12H23NO3/c1-8(2)5-10(6-11(14)15)7-13-12(16)9(3)4/h8-10H,5-7H2,1-4H3,(H,13,16)(H,14,15)/t10-/m0/s1. The van der Waals surface area contributed by atoms with Gasteiger partial charge in [-0.3, -0.25) is 9.59 Å². The summed E-state index contributed by atoms with van der Waals surface area (Å²) in [6.45, 7) is 8.22. The summed E-state index contributed by atoms with van der Waals surface area (Å²) < 4.78 is 0. The van der Waals surface area contributed by atoms with Gasteiger partial charge in [0.25, 0.3) is 0 Å². The topological polar surface area (TPSA) is 66.4 Å². The zero-order valence-corrected chi connectivity index (χ0v) is 10.6. The molecule has 0 aromatic rings. The third-order valence-electron chi connectivity index (χ3n) is 2.36. The molecule has 1 atom stereocenters. The molecule has 0 aliphatic rings. The molecule has 0 radical (unpaired) electrons. The summed E-state index contributed by atoms with van der Waals surface area (Å²) in [5.74, 6) is -0.395. The lowest BCUT2D eigenvalue weighted by Crippen LogP contribution is -2.33. The molecule has 0 saturated carbocycles. The van der Waals surface area contributed by atoms with Gasteiger partial charge in [-0.05, 0) is 18.3 Å². The lowest BCUT2D eigenvalue weighted by Gasteiger charge is -2.18. The summed E-state index contributed by atoms with van der Waals surface area (Å²) in [7, 11) is 0. The fraction of sp³-hybridized carbons (Fsp3) is 0.833. The van der Waals surface area contributed by atoms with Crippen LogP contribution in [0.25, 0.3) is 0 Å². The first-order valence-corrected chi connectivity index (χ1v) is 5.82. The summed E-state index contributed by atoms with van der Waals surface area (Å²) in [5.41, 5.74) is 0. The van der Waals surface area contributed by atoms with Gasteiger partial charge in [0.15, 0.2) is 0 Å². The van der Waals surface area contributed by atoms with E-state index in [0.29, 0.717) is 12.5 Å². The zero-order chi connectivity index (χ0) is 12.7. The number of carboxylic acid groups (broad SMARTS) is 1. The molecule has 0 fully saturated rings. The first-order valence-electron chi connectivity index (χ1n) is 5.82. The second kappa shape index (κ2) is 7.25. The minimum absolute atomic E-state index is 0.0147. The predicted molar refractivity (Wildman–Crippen MR) is 63.0 cm³/mol. The molecule has 0 rings (SSSR count). The van der Waals surface area contributed by atoms with Crippen molar-refractivity contribution in [3.8, 4) is 0 Å². The number of nitrogens with one attached hydrogen (secondary N) is 1. The van der Waals surface area contributed by atoms with Crippen LogP contribution in [0.2, 0.25) is 0 Å². The van der Waals surface area contributed by atoms with E-state index in [1.165, 1.54) is 0 Å². The molecule has 0 unspecified atom stereocenters. The van der Waals surface area contributed by atoms with Crippen LogP contribution in [-0.2, 0) is 9.59 Å². The zero-order valence-electron chi connectivity index (χ0n) is 10.6. The number of amides is 1. The minimum atomic E-state index is -0.801. The van der Waals surface area contributed by atoms with E-state index in [9.17, 15) is 9.59 Å². The first kappa shape index (κ1) is 14.9. The molecule has 0 bridgehead atoms. The van der Waals surface area contributed by atoms with E-state index < -0.39 is 5.97 Å². The van der Waals surface area contributed by atoms with Crippen LogP contribution in [0, 0.1) is 17.8 Å². The predicted octanol–water partition coefficient (Wildman–Crippen LogP) is 1.90. The summed E-state index contributed by atoms with van der Waals surface area (Å²) in [4.78, 5) is 22.0. The van der Waals surface area contributed by atoms with Crippen LogP contribution in [0.5, 0.6) is 0 Å². The minimum Gasteiger partial charge on any atom is -0.481 e. The van der Waals surface area contributed by atoms with Crippen molar-refractivity contribution in [1.29, 1.82) is 0 Å². The van der Waals surface area contributed by atoms with Crippen molar-refractivity contribution in [3.05, 3.63) is 0 Å². The van der Waals surface area contributed by atoms with E-state index in [-0.39, 0.29) is 24.2 Å². The fourth-order valence-electron chi connectivity index (χ4n) is 1.60. The van der Waals surface area contributed by atoms with Gasteiger partial charge in [-0.15, -0.1) is 0 Å². The van der Waals surface area contributed by atoms with E-state index in [2.05, 4.69) is 19.2 Å². The molecule has 4 nitrogen and oxygen atoms in total. The van der Waals surface area contributed by atoms with E-state index in [1.54, 1.807) is 0 Å². The van der Waals surface area contributed by atoms with E-state index in [0.717, 1.165) is 6.42 Å². The van der Waals surface area contributed by atoms with E-state index in [1.807, 2.05) is 13.8 Å². The molecule has 0 aromatic heterocycles. The normalized spacial score (nSPS) is 12.9. The SMILES string of the molecule is CC(C)C[C@H](CNC(=O)C(C)C)CC(=O)O. The second-order valence-corrected chi connectivity index (χ2v) is 4.99. The van der Waals surface area contributed by atoms with Crippen molar-refractivity contribution in [1.82, 2.24) is 5.32 Å². The van der Waals surface area contributed by atoms with Crippen molar-refractivity contribution in [3.63, 3.8) is 0 Å². The van der Waals surface area contributed by atoms with Crippen molar-refractivity contribution in [2.24, 2.45) is 17.8 Å².